The van der Waals surface area contributed by atoms with Gasteiger partial charge in [-0.3, -0.25) is 20.4 Å². The van der Waals surface area contributed by atoms with E-state index in [0.717, 1.165) is 0 Å². The Bertz CT molecular complexity index is 343. The molecule has 0 spiro atoms. The molecule has 0 heterocycles. The number of nitrogens with zero attached hydrogens (tertiary/aromatic N) is 2. The number of ether oxygens (including phenoxy) is 2. The van der Waals surface area contributed by atoms with Crippen LogP contribution in [-0.2, 0) is 19.1 Å². The third-order valence-electron chi connectivity index (χ3n) is 1.80. The zero-order valence-corrected chi connectivity index (χ0v) is 12.7. The Hall–Kier alpha value is -1.68. The molecule has 0 aromatic rings. The summed E-state index contributed by atoms with van der Waals surface area (Å²) in [4.78, 5) is 23.0. The van der Waals surface area contributed by atoms with Gasteiger partial charge in [0.05, 0.1) is 14.2 Å². The van der Waals surface area contributed by atoms with Gasteiger partial charge in [-0.2, -0.15) is 0 Å². The highest BCUT2D eigenvalue weighted by Gasteiger charge is 2.15. The molecule has 2 amide bonds. The summed E-state index contributed by atoms with van der Waals surface area (Å²) in [5, 5.41) is 2.53. The minimum absolute atomic E-state index is 0.0754. The minimum atomic E-state index is -0.545. The summed E-state index contributed by atoms with van der Waals surface area (Å²) in [5.41, 5.74) is 4.73. The standard InChI is InChI=1S/C9H16N4O4S2/c1-12(8(18)16-3)10-6(14)5-7(15)11-13(2)9(19)17-4/h5H2,1-4H3,(H,10,14)(H,11,15). The van der Waals surface area contributed by atoms with Gasteiger partial charge < -0.3 is 9.47 Å². The van der Waals surface area contributed by atoms with Crippen LogP contribution in [0.2, 0.25) is 0 Å². The number of hydrogen-bond donors (Lipinski definition) is 2. The van der Waals surface area contributed by atoms with E-state index in [1.54, 1.807) is 0 Å². The summed E-state index contributed by atoms with van der Waals surface area (Å²) in [5.74, 6) is -1.09. The van der Waals surface area contributed by atoms with E-state index >= 15 is 0 Å². The number of nitrogens with one attached hydrogen (secondary N) is 2. The maximum atomic E-state index is 11.5. The fourth-order valence-electron chi connectivity index (χ4n) is 0.964. The fourth-order valence-corrected chi connectivity index (χ4v) is 1.06. The smallest absolute Gasteiger partial charge is 0.277 e. The second kappa shape index (κ2) is 8.43. The molecule has 0 bridgehead atoms. The molecular formula is C9H16N4O4S2. The van der Waals surface area contributed by atoms with Gasteiger partial charge in [-0.1, -0.05) is 0 Å². The Morgan fingerprint density at radius 1 is 0.947 bits per heavy atom. The molecule has 0 radical (unpaired) electrons. The van der Waals surface area contributed by atoms with Crippen LogP contribution in [0.5, 0.6) is 0 Å². The lowest BCUT2D eigenvalue weighted by Crippen LogP contribution is -2.47. The number of carbonyl (C=O) groups excluding carboxylic acids is 2. The maximum absolute atomic E-state index is 11.5. The van der Waals surface area contributed by atoms with E-state index in [1.807, 2.05) is 0 Å². The lowest BCUT2D eigenvalue weighted by molar-refractivity contribution is -0.132. The molecule has 8 nitrogen and oxygen atoms in total. The third kappa shape index (κ3) is 6.72. The largest absolute Gasteiger partial charge is 0.473 e. The minimum Gasteiger partial charge on any atom is -0.473 e. The molecule has 108 valence electrons. The molecule has 0 rings (SSSR count). The van der Waals surface area contributed by atoms with E-state index in [4.69, 9.17) is 33.9 Å². The number of amides is 2. The SMILES string of the molecule is COC(=S)N(C)NC(=O)CC(=O)NN(C)C(=S)OC. The van der Waals surface area contributed by atoms with Gasteiger partial charge in [0.1, 0.15) is 6.42 Å². The van der Waals surface area contributed by atoms with Crippen LogP contribution in [0.1, 0.15) is 6.42 Å². The highest BCUT2D eigenvalue weighted by atomic mass is 32.1. The van der Waals surface area contributed by atoms with Gasteiger partial charge in [0.2, 0.25) is 11.8 Å². The number of hydrazine groups is 2. The second-order valence-electron chi connectivity index (χ2n) is 3.30. The van der Waals surface area contributed by atoms with Crippen LogP contribution in [0.15, 0.2) is 0 Å². The van der Waals surface area contributed by atoms with Crippen molar-refractivity contribution in [2.24, 2.45) is 0 Å². The number of rotatable bonds is 2. The molecule has 0 saturated carbocycles. The summed E-state index contributed by atoms with van der Waals surface area (Å²) in [6, 6.07) is 0. The second-order valence-corrected chi connectivity index (χ2v) is 4.00. The summed E-state index contributed by atoms with van der Waals surface area (Å²) in [6.07, 6.45) is -0.396. The molecule has 10 heteroatoms. The van der Waals surface area contributed by atoms with Crippen molar-refractivity contribution >= 4 is 46.6 Å². The Balaban J connectivity index is 4.16. The number of thiocarbonyl (C=S) groups is 2. The van der Waals surface area contributed by atoms with E-state index < -0.39 is 18.2 Å². The molecule has 0 fully saturated rings. The topological polar surface area (TPSA) is 83.1 Å². The van der Waals surface area contributed by atoms with Crippen molar-refractivity contribution in [2.45, 2.75) is 6.42 Å². The Morgan fingerprint density at radius 2 is 1.26 bits per heavy atom. The van der Waals surface area contributed by atoms with Crippen LogP contribution in [-0.4, -0.2) is 60.5 Å². The predicted molar refractivity (Wildman–Crippen MR) is 75.6 cm³/mol. The maximum Gasteiger partial charge on any atom is 0.277 e. The average molecular weight is 308 g/mol. The van der Waals surface area contributed by atoms with Gasteiger partial charge in [-0.05, 0) is 24.4 Å². The van der Waals surface area contributed by atoms with Crippen LogP contribution in [0, 0.1) is 0 Å². The molecule has 0 unspecified atom stereocenters. The van der Waals surface area contributed by atoms with E-state index in [0.29, 0.717) is 0 Å². The molecule has 0 aromatic carbocycles. The highest BCUT2D eigenvalue weighted by molar-refractivity contribution is 7.80. The van der Waals surface area contributed by atoms with Crippen LogP contribution in [0.3, 0.4) is 0 Å². The van der Waals surface area contributed by atoms with E-state index in [9.17, 15) is 9.59 Å². The fraction of sp³-hybridized carbons (Fsp3) is 0.556. The predicted octanol–water partition coefficient (Wildman–Crippen LogP) is -0.835. The first kappa shape index (κ1) is 17.3. The van der Waals surface area contributed by atoms with Gasteiger partial charge in [0.25, 0.3) is 10.3 Å². The first-order chi connectivity index (χ1) is 8.81. The molecule has 2 N–H and O–H groups in total. The molecule has 0 atom stereocenters. The first-order valence-electron chi connectivity index (χ1n) is 5.04. The van der Waals surface area contributed by atoms with Crippen molar-refractivity contribution in [1.29, 1.82) is 0 Å². The monoisotopic (exact) mass is 308 g/mol. The number of hydrogen-bond acceptors (Lipinski definition) is 6. The zero-order chi connectivity index (χ0) is 15.0. The van der Waals surface area contributed by atoms with Crippen molar-refractivity contribution in [3.63, 3.8) is 0 Å². The normalized spacial score (nSPS) is 9.05. The molecule has 0 saturated heterocycles. The summed E-state index contributed by atoms with van der Waals surface area (Å²) in [7, 11) is 5.73. The van der Waals surface area contributed by atoms with Crippen LogP contribution < -0.4 is 10.9 Å². The quantitative estimate of drug-likeness (QED) is 0.388. The zero-order valence-electron chi connectivity index (χ0n) is 11.1. The van der Waals surface area contributed by atoms with Crippen LogP contribution >= 0.6 is 24.4 Å². The van der Waals surface area contributed by atoms with E-state index in [-0.39, 0.29) is 10.3 Å². The molecule has 0 aliphatic carbocycles. The molecule has 0 aliphatic rings. The third-order valence-corrected chi connectivity index (χ3v) is 2.68. The van der Waals surface area contributed by atoms with Gasteiger partial charge in [0, 0.05) is 14.1 Å². The van der Waals surface area contributed by atoms with Gasteiger partial charge in [-0.25, -0.2) is 10.0 Å². The first-order valence-corrected chi connectivity index (χ1v) is 5.85. The number of carbonyl (C=O) groups is 2. The Kier molecular flexibility index (Phi) is 7.68. The van der Waals surface area contributed by atoms with Crippen LogP contribution in [0.4, 0.5) is 0 Å². The van der Waals surface area contributed by atoms with E-state index in [2.05, 4.69) is 10.9 Å². The van der Waals surface area contributed by atoms with Crippen LogP contribution in [0.25, 0.3) is 0 Å². The van der Waals surface area contributed by atoms with Gasteiger partial charge in [0.15, 0.2) is 0 Å². The van der Waals surface area contributed by atoms with Crippen molar-refractivity contribution < 1.29 is 19.1 Å². The highest BCUT2D eigenvalue weighted by Crippen LogP contribution is 1.89. The van der Waals surface area contributed by atoms with Crippen molar-refractivity contribution in [3.8, 4) is 0 Å². The van der Waals surface area contributed by atoms with E-state index in [1.165, 1.54) is 38.3 Å². The summed E-state index contributed by atoms with van der Waals surface area (Å²) < 4.78 is 9.46. The lowest BCUT2D eigenvalue weighted by atomic mass is 10.4. The average Bonchev–Trinajstić information content (AvgIpc) is 2.35. The van der Waals surface area contributed by atoms with Gasteiger partial charge in [-0.15, -0.1) is 0 Å². The summed E-state index contributed by atoms with van der Waals surface area (Å²) in [6.45, 7) is 0. The van der Waals surface area contributed by atoms with Crippen molar-refractivity contribution in [3.05, 3.63) is 0 Å². The lowest BCUT2D eigenvalue weighted by Gasteiger charge is -2.21. The Morgan fingerprint density at radius 3 is 1.53 bits per heavy atom. The summed E-state index contributed by atoms with van der Waals surface area (Å²) >= 11 is 9.55. The molecule has 19 heavy (non-hydrogen) atoms. The Labute approximate surface area is 121 Å². The number of methoxy groups -OCH3 is 2. The molecule has 0 aromatic heterocycles. The molecule has 0 aliphatic heterocycles. The van der Waals surface area contributed by atoms with Crippen molar-refractivity contribution in [2.75, 3.05) is 28.3 Å². The van der Waals surface area contributed by atoms with Gasteiger partial charge >= 0.3 is 0 Å². The molecular weight excluding hydrogens is 292 g/mol. The van der Waals surface area contributed by atoms with Crippen molar-refractivity contribution in [1.82, 2.24) is 20.9 Å².